The number of carbonyl (C=O) groups is 1. The Bertz CT molecular complexity index is 276. The molecule has 0 aliphatic heterocycles. The second kappa shape index (κ2) is 6.62. The van der Waals surface area contributed by atoms with Gasteiger partial charge < -0.3 is 0 Å². The lowest BCUT2D eigenvalue weighted by Crippen LogP contribution is -2.30. The summed E-state index contributed by atoms with van der Waals surface area (Å²) in [7, 11) is 0. The number of halogens is 1. The van der Waals surface area contributed by atoms with E-state index >= 15 is 0 Å². The van der Waals surface area contributed by atoms with Crippen molar-refractivity contribution in [1.82, 2.24) is 5.43 Å². The van der Waals surface area contributed by atoms with Gasteiger partial charge in [0.05, 0.1) is 5.56 Å². The summed E-state index contributed by atoms with van der Waals surface area (Å²) in [6, 6.07) is 7.07. The Morgan fingerprint density at radius 1 is 1.38 bits per heavy atom. The monoisotopic (exact) mass is 244 g/mol. The number of carbonyl (C=O) groups excluding carboxylic acids is 1. The van der Waals surface area contributed by atoms with Crippen LogP contribution >= 0.6 is 15.9 Å². The molecule has 0 spiro atoms. The molecule has 0 radical (unpaired) electrons. The van der Waals surface area contributed by atoms with E-state index in [1.807, 2.05) is 19.9 Å². The zero-order valence-corrected chi connectivity index (χ0v) is 9.26. The largest absolute Gasteiger partial charge is 0.290 e. The zero-order valence-electron chi connectivity index (χ0n) is 7.67. The molecule has 1 aromatic carbocycles. The van der Waals surface area contributed by atoms with E-state index in [4.69, 9.17) is 5.84 Å². The van der Waals surface area contributed by atoms with E-state index in [9.17, 15) is 4.79 Å². The summed E-state index contributed by atoms with van der Waals surface area (Å²) < 4.78 is 0.739. The van der Waals surface area contributed by atoms with Crippen LogP contribution in [0.25, 0.3) is 0 Å². The van der Waals surface area contributed by atoms with Crippen molar-refractivity contribution in [2.75, 3.05) is 0 Å². The molecule has 1 aromatic rings. The predicted octanol–water partition coefficient (Wildman–Crippen LogP) is 2.08. The molecule has 0 bridgehead atoms. The number of rotatable bonds is 1. The Balaban J connectivity index is 0.000000671. The fourth-order valence-electron chi connectivity index (χ4n) is 0.723. The normalized spacial score (nSPS) is 8.31. The number of hydrogen-bond donors (Lipinski definition) is 2. The summed E-state index contributed by atoms with van der Waals surface area (Å²) >= 11 is 3.22. The van der Waals surface area contributed by atoms with Gasteiger partial charge in [-0.15, -0.1) is 0 Å². The molecule has 4 heteroatoms. The number of hydrogen-bond acceptors (Lipinski definition) is 2. The first-order chi connectivity index (χ1) is 6.25. The van der Waals surface area contributed by atoms with Crippen LogP contribution < -0.4 is 11.3 Å². The lowest BCUT2D eigenvalue weighted by atomic mass is 10.2. The molecule has 1 amide bonds. The first-order valence-electron chi connectivity index (χ1n) is 4.01. The molecular weight excluding hydrogens is 232 g/mol. The molecule has 0 aromatic heterocycles. The van der Waals surface area contributed by atoms with Crippen molar-refractivity contribution in [2.24, 2.45) is 5.84 Å². The quantitative estimate of drug-likeness (QED) is 0.452. The topological polar surface area (TPSA) is 55.1 Å². The van der Waals surface area contributed by atoms with Gasteiger partial charge >= 0.3 is 0 Å². The molecular formula is C9H13BrN2O. The van der Waals surface area contributed by atoms with E-state index in [2.05, 4.69) is 21.4 Å². The summed E-state index contributed by atoms with van der Waals surface area (Å²) in [6.45, 7) is 4.00. The van der Waals surface area contributed by atoms with E-state index in [1.165, 1.54) is 0 Å². The maximum atomic E-state index is 11.0. The third-order valence-electron chi connectivity index (χ3n) is 1.25. The third-order valence-corrected chi connectivity index (χ3v) is 1.94. The molecule has 13 heavy (non-hydrogen) atoms. The number of amides is 1. The Labute approximate surface area is 86.4 Å². The Morgan fingerprint density at radius 3 is 2.38 bits per heavy atom. The molecule has 0 fully saturated rings. The summed E-state index contributed by atoms with van der Waals surface area (Å²) in [5, 5.41) is 0. The Hall–Kier alpha value is -0.870. The van der Waals surface area contributed by atoms with Crippen molar-refractivity contribution in [1.29, 1.82) is 0 Å². The molecule has 0 atom stereocenters. The molecule has 0 heterocycles. The van der Waals surface area contributed by atoms with E-state index in [-0.39, 0.29) is 5.91 Å². The highest BCUT2D eigenvalue weighted by Crippen LogP contribution is 2.14. The molecule has 72 valence electrons. The standard InChI is InChI=1S/C7H7BrN2O.C2H6/c8-6-4-2-1-3-5(6)7(11)10-9;1-2/h1-4H,9H2,(H,10,11);1-2H3. The van der Waals surface area contributed by atoms with E-state index < -0.39 is 0 Å². The van der Waals surface area contributed by atoms with Crippen molar-refractivity contribution in [2.45, 2.75) is 13.8 Å². The lowest BCUT2D eigenvalue weighted by Gasteiger charge is -2.00. The molecule has 3 N–H and O–H groups in total. The maximum absolute atomic E-state index is 11.0. The maximum Gasteiger partial charge on any atom is 0.266 e. The van der Waals surface area contributed by atoms with E-state index in [1.54, 1.807) is 18.2 Å². The average Bonchev–Trinajstić information content (AvgIpc) is 2.20. The number of nitrogens with one attached hydrogen (secondary N) is 1. The molecule has 0 saturated carbocycles. The lowest BCUT2D eigenvalue weighted by molar-refractivity contribution is 0.0953. The minimum Gasteiger partial charge on any atom is -0.290 e. The number of nitrogens with two attached hydrogens (primary N) is 1. The highest BCUT2D eigenvalue weighted by atomic mass is 79.9. The van der Waals surface area contributed by atoms with Gasteiger partial charge in [0, 0.05) is 4.47 Å². The van der Waals surface area contributed by atoms with Crippen LogP contribution in [0.5, 0.6) is 0 Å². The van der Waals surface area contributed by atoms with Crippen LogP contribution in [0.15, 0.2) is 28.7 Å². The summed E-state index contributed by atoms with van der Waals surface area (Å²) in [6.07, 6.45) is 0. The van der Waals surface area contributed by atoms with Crippen LogP contribution in [0.4, 0.5) is 0 Å². The Morgan fingerprint density at radius 2 is 1.92 bits per heavy atom. The fraction of sp³-hybridized carbons (Fsp3) is 0.222. The van der Waals surface area contributed by atoms with Crippen molar-refractivity contribution in [3.8, 4) is 0 Å². The van der Waals surface area contributed by atoms with Crippen LogP contribution in [0.2, 0.25) is 0 Å². The number of hydrazine groups is 1. The summed E-state index contributed by atoms with van der Waals surface area (Å²) in [5.41, 5.74) is 2.59. The van der Waals surface area contributed by atoms with Crippen LogP contribution in [0.1, 0.15) is 24.2 Å². The van der Waals surface area contributed by atoms with Gasteiger partial charge in [-0.25, -0.2) is 5.84 Å². The Kier molecular flexibility index (Phi) is 6.18. The molecule has 0 unspecified atom stereocenters. The van der Waals surface area contributed by atoms with Gasteiger partial charge in [-0.05, 0) is 28.1 Å². The fourth-order valence-corrected chi connectivity index (χ4v) is 1.19. The smallest absolute Gasteiger partial charge is 0.266 e. The minimum absolute atomic E-state index is 0.294. The van der Waals surface area contributed by atoms with E-state index in [0.29, 0.717) is 5.56 Å². The van der Waals surface area contributed by atoms with Gasteiger partial charge in [0.15, 0.2) is 0 Å². The first-order valence-corrected chi connectivity index (χ1v) is 4.80. The van der Waals surface area contributed by atoms with Gasteiger partial charge in [-0.3, -0.25) is 10.2 Å². The van der Waals surface area contributed by atoms with Crippen molar-refractivity contribution >= 4 is 21.8 Å². The van der Waals surface area contributed by atoms with Crippen LogP contribution in [0, 0.1) is 0 Å². The van der Waals surface area contributed by atoms with Crippen molar-refractivity contribution < 1.29 is 4.79 Å². The van der Waals surface area contributed by atoms with E-state index in [0.717, 1.165) is 4.47 Å². The van der Waals surface area contributed by atoms with Gasteiger partial charge in [0.25, 0.3) is 5.91 Å². The first kappa shape index (κ1) is 12.1. The number of benzene rings is 1. The molecule has 0 aliphatic carbocycles. The van der Waals surface area contributed by atoms with Gasteiger partial charge in [0.2, 0.25) is 0 Å². The second-order valence-corrected chi connectivity index (χ2v) is 2.81. The molecule has 0 aliphatic rings. The SMILES string of the molecule is CC.NNC(=O)c1ccccc1Br. The second-order valence-electron chi connectivity index (χ2n) is 1.95. The third kappa shape index (κ3) is 3.57. The highest BCUT2D eigenvalue weighted by Gasteiger charge is 2.05. The number of nitrogen functional groups attached to an aromatic ring is 1. The van der Waals surface area contributed by atoms with Crippen molar-refractivity contribution in [3.05, 3.63) is 34.3 Å². The highest BCUT2D eigenvalue weighted by molar-refractivity contribution is 9.10. The summed E-state index contributed by atoms with van der Waals surface area (Å²) in [4.78, 5) is 11.0. The predicted molar refractivity (Wildman–Crippen MR) is 57.1 cm³/mol. The summed E-state index contributed by atoms with van der Waals surface area (Å²) in [5.74, 6) is 4.66. The zero-order chi connectivity index (χ0) is 10.3. The van der Waals surface area contributed by atoms with Gasteiger partial charge in [-0.1, -0.05) is 26.0 Å². The van der Waals surface area contributed by atoms with Crippen LogP contribution in [0.3, 0.4) is 0 Å². The average molecular weight is 245 g/mol. The molecule has 1 rings (SSSR count). The van der Waals surface area contributed by atoms with Crippen molar-refractivity contribution in [3.63, 3.8) is 0 Å². The molecule has 0 saturated heterocycles. The van der Waals surface area contributed by atoms with Crippen LogP contribution in [-0.2, 0) is 0 Å². The van der Waals surface area contributed by atoms with Gasteiger partial charge in [-0.2, -0.15) is 0 Å². The van der Waals surface area contributed by atoms with Crippen LogP contribution in [-0.4, -0.2) is 5.91 Å². The molecule has 3 nitrogen and oxygen atoms in total. The van der Waals surface area contributed by atoms with Gasteiger partial charge in [0.1, 0.15) is 0 Å². The minimum atomic E-state index is -0.294.